The van der Waals surface area contributed by atoms with E-state index < -0.39 is 0 Å². The van der Waals surface area contributed by atoms with E-state index in [-0.39, 0.29) is 25.1 Å². The predicted molar refractivity (Wildman–Crippen MR) is 76.1 cm³/mol. The lowest BCUT2D eigenvalue weighted by Crippen LogP contribution is -2.10. The molecule has 17 heavy (non-hydrogen) atoms. The van der Waals surface area contributed by atoms with Crippen LogP contribution < -0.4 is 0 Å². The summed E-state index contributed by atoms with van der Waals surface area (Å²) in [4.78, 5) is 0.378. The number of benzene rings is 1. The molecule has 8 heteroatoms. The number of hydroxylamine groups is 1. The summed E-state index contributed by atoms with van der Waals surface area (Å²) in [5, 5.41) is 10.3. The molecule has 96 valence electrons. The summed E-state index contributed by atoms with van der Waals surface area (Å²) in [6.07, 6.45) is 0.772. The average Bonchev–Trinajstić information content (AvgIpc) is 2.30. The molecule has 1 aromatic rings. The van der Waals surface area contributed by atoms with Crippen LogP contribution in [0.25, 0.3) is 0 Å². The van der Waals surface area contributed by atoms with Gasteiger partial charge in [0.05, 0.1) is 30.0 Å². The summed E-state index contributed by atoms with van der Waals surface area (Å²) >= 11 is 30.6. The van der Waals surface area contributed by atoms with E-state index in [0.717, 1.165) is 22.8 Å². The Hall–Kier alpha value is 0.940. The van der Waals surface area contributed by atoms with Crippen molar-refractivity contribution in [1.29, 1.82) is 0 Å². The third-order valence-electron chi connectivity index (χ3n) is 1.78. The molecular formula is C9H8Cl5NOS. The monoisotopic (exact) mass is 353 g/mol. The summed E-state index contributed by atoms with van der Waals surface area (Å²) in [6, 6.07) is 0. The van der Waals surface area contributed by atoms with Gasteiger partial charge in [0.15, 0.2) is 0 Å². The van der Waals surface area contributed by atoms with Crippen LogP contribution in [0.5, 0.6) is 0 Å². The molecular weight excluding hydrogens is 347 g/mol. The Morgan fingerprint density at radius 2 is 1.35 bits per heavy atom. The second-order valence-electron chi connectivity index (χ2n) is 3.07. The lowest BCUT2D eigenvalue weighted by molar-refractivity contribution is 0.0172. The first kappa shape index (κ1) is 16.0. The van der Waals surface area contributed by atoms with Crippen LogP contribution in [0, 0.1) is 0 Å². The van der Waals surface area contributed by atoms with E-state index in [9.17, 15) is 5.21 Å². The molecule has 1 aromatic carbocycles. The van der Waals surface area contributed by atoms with Crippen molar-refractivity contribution in [1.82, 2.24) is 4.47 Å². The smallest absolute Gasteiger partial charge is 0.0809 e. The Balaban J connectivity index is 3.16. The maximum atomic E-state index is 9.56. The molecule has 0 radical (unpaired) electrons. The van der Waals surface area contributed by atoms with Gasteiger partial charge in [-0.3, -0.25) is 0 Å². The molecule has 0 aliphatic heterocycles. The van der Waals surface area contributed by atoms with Gasteiger partial charge in [-0.2, -0.15) is 0 Å². The van der Waals surface area contributed by atoms with E-state index in [1.165, 1.54) is 0 Å². The minimum absolute atomic E-state index is 0.104. The highest BCUT2D eigenvalue weighted by molar-refractivity contribution is 7.97. The van der Waals surface area contributed by atoms with Gasteiger partial charge < -0.3 is 5.21 Å². The first-order valence-corrected chi connectivity index (χ1v) is 7.22. The van der Waals surface area contributed by atoms with E-state index in [2.05, 4.69) is 0 Å². The molecule has 2 nitrogen and oxygen atoms in total. The van der Waals surface area contributed by atoms with Crippen LogP contribution in [-0.2, 0) is 0 Å². The van der Waals surface area contributed by atoms with Crippen LogP contribution >= 0.6 is 70.0 Å². The van der Waals surface area contributed by atoms with Gasteiger partial charge in [-0.25, -0.2) is 0 Å². The van der Waals surface area contributed by atoms with E-state index >= 15 is 0 Å². The molecule has 0 aliphatic rings. The number of nitrogens with zero attached hydrogens (tertiary/aromatic N) is 1. The highest BCUT2D eigenvalue weighted by Crippen LogP contribution is 2.48. The number of halogens is 5. The average molecular weight is 356 g/mol. The molecule has 0 unspecified atom stereocenters. The largest absolute Gasteiger partial charge is 0.303 e. The molecule has 0 amide bonds. The third-order valence-corrected chi connectivity index (χ3v) is 5.27. The number of hydrogen-bond acceptors (Lipinski definition) is 3. The molecule has 1 N–H and O–H groups in total. The van der Waals surface area contributed by atoms with Crippen molar-refractivity contribution in [2.75, 3.05) is 6.54 Å². The minimum atomic E-state index is 0.104. The van der Waals surface area contributed by atoms with Crippen LogP contribution in [0.1, 0.15) is 13.3 Å². The zero-order chi connectivity index (χ0) is 13.2. The van der Waals surface area contributed by atoms with Gasteiger partial charge in [0.1, 0.15) is 0 Å². The highest BCUT2D eigenvalue weighted by atomic mass is 35.5. The van der Waals surface area contributed by atoms with Crippen molar-refractivity contribution in [3.8, 4) is 0 Å². The van der Waals surface area contributed by atoms with Crippen molar-refractivity contribution in [3.05, 3.63) is 25.1 Å². The molecule has 0 spiro atoms. The molecule has 0 heterocycles. The van der Waals surface area contributed by atoms with Crippen LogP contribution in [0.15, 0.2) is 4.90 Å². The summed E-state index contributed by atoms with van der Waals surface area (Å²) in [5.41, 5.74) is 0. The highest BCUT2D eigenvalue weighted by Gasteiger charge is 2.21. The Labute approximate surface area is 129 Å². The van der Waals surface area contributed by atoms with Crippen molar-refractivity contribution in [3.63, 3.8) is 0 Å². The topological polar surface area (TPSA) is 23.5 Å². The quantitative estimate of drug-likeness (QED) is 0.307. The van der Waals surface area contributed by atoms with Crippen molar-refractivity contribution >= 4 is 70.0 Å². The van der Waals surface area contributed by atoms with Crippen molar-refractivity contribution in [2.45, 2.75) is 18.2 Å². The fraction of sp³-hybridized carbons (Fsp3) is 0.333. The summed E-state index contributed by atoms with van der Waals surface area (Å²) < 4.78 is 1.01. The van der Waals surface area contributed by atoms with Crippen LogP contribution in [0.4, 0.5) is 0 Å². The van der Waals surface area contributed by atoms with Gasteiger partial charge >= 0.3 is 0 Å². The van der Waals surface area contributed by atoms with E-state index in [1.54, 1.807) is 0 Å². The van der Waals surface area contributed by atoms with Crippen molar-refractivity contribution in [2.24, 2.45) is 0 Å². The fourth-order valence-corrected chi connectivity index (χ4v) is 3.31. The Bertz CT molecular complexity index is 399. The van der Waals surface area contributed by atoms with Gasteiger partial charge in [-0.1, -0.05) is 64.9 Å². The third kappa shape index (κ3) is 3.71. The van der Waals surface area contributed by atoms with Crippen LogP contribution in [-0.4, -0.2) is 16.2 Å². The van der Waals surface area contributed by atoms with Gasteiger partial charge in [0.25, 0.3) is 0 Å². The lowest BCUT2D eigenvalue weighted by Gasteiger charge is -2.16. The molecule has 0 bridgehead atoms. The Morgan fingerprint density at radius 1 is 0.941 bits per heavy atom. The van der Waals surface area contributed by atoms with Gasteiger partial charge in [-0.05, 0) is 18.4 Å². The second-order valence-corrected chi connectivity index (χ2v) is 5.97. The second kappa shape index (κ2) is 6.92. The zero-order valence-electron chi connectivity index (χ0n) is 8.61. The normalized spacial score (nSPS) is 11.3. The lowest BCUT2D eigenvalue weighted by atomic mass is 10.3. The Morgan fingerprint density at radius 3 is 1.76 bits per heavy atom. The molecule has 0 saturated heterocycles. The summed E-state index contributed by atoms with van der Waals surface area (Å²) in [5.74, 6) is 0. The molecule has 0 aromatic heterocycles. The molecule has 0 saturated carbocycles. The van der Waals surface area contributed by atoms with Crippen LogP contribution in [0.3, 0.4) is 0 Å². The van der Waals surface area contributed by atoms with Gasteiger partial charge in [0.2, 0.25) is 0 Å². The number of rotatable bonds is 4. The fourth-order valence-electron chi connectivity index (χ4n) is 1.01. The Kier molecular flexibility index (Phi) is 6.51. The van der Waals surface area contributed by atoms with Gasteiger partial charge in [-0.15, -0.1) is 4.47 Å². The zero-order valence-corrected chi connectivity index (χ0v) is 13.2. The van der Waals surface area contributed by atoms with Crippen molar-refractivity contribution < 1.29 is 5.21 Å². The first-order chi connectivity index (χ1) is 7.90. The summed E-state index contributed by atoms with van der Waals surface area (Å²) in [6.45, 7) is 2.38. The SMILES string of the molecule is CCCN(O)Sc1c(Cl)c(Cl)c(Cl)c(Cl)c1Cl. The van der Waals surface area contributed by atoms with E-state index in [0.29, 0.717) is 11.4 Å². The number of hydrogen-bond donors (Lipinski definition) is 1. The molecule has 1 rings (SSSR count). The maximum Gasteiger partial charge on any atom is 0.0809 e. The first-order valence-electron chi connectivity index (χ1n) is 4.55. The predicted octanol–water partition coefficient (Wildman–Crippen LogP) is 6.06. The molecule has 0 aliphatic carbocycles. The molecule has 0 fully saturated rings. The summed E-state index contributed by atoms with van der Waals surface area (Å²) in [7, 11) is 0. The standard InChI is InChI=1S/C9H8Cl5NOS/c1-2-3-15(16)17-9-7(13)5(11)4(10)6(12)8(9)14/h16H,2-3H2,1H3. The van der Waals surface area contributed by atoms with E-state index in [1.807, 2.05) is 6.92 Å². The minimum Gasteiger partial charge on any atom is -0.303 e. The molecule has 0 atom stereocenters. The maximum absolute atomic E-state index is 9.56. The van der Waals surface area contributed by atoms with Gasteiger partial charge in [0, 0.05) is 6.54 Å². The van der Waals surface area contributed by atoms with Crippen LogP contribution in [0.2, 0.25) is 25.1 Å². The van der Waals surface area contributed by atoms with E-state index in [4.69, 9.17) is 58.0 Å².